The lowest BCUT2D eigenvalue weighted by Crippen LogP contribution is -2.16. The smallest absolute Gasteiger partial charge is 0.168 e. The van der Waals surface area contributed by atoms with Gasteiger partial charge in [0.05, 0.1) is 0 Å². The third kappa shape index (κ3) is 3.96. The topological polar surface area (TPSA) is 37.0 Å². The highest BCUT2D eigenvalue weighted by molar-refractivity contribution is 8.00. The van der Waals surface area contributed by atoms with Crippen LogP contribution >= 0.6 is 11.8 Å². The van der Waals surface area contributed by atoms with Crippen molar-refractivity contribution in [3.8, 4) is 0 Å². The number of rotatable bonds is 6. The van der Waals surface area contributed by atoms with Gasteiger partial charge in [-0.2, -0.15) is 11.8 Å². The summed E-state index contributed by atoms with van der Waals surface area (Å²) in [6.45, 7) is 3.27. The Morgan fingerprint density at radius 3 is 2.68 bits per heavy atom. The molecule has 1 atom stereocenters. The van der Waals surface area contributed by atoms with E-state index < -0.39 is 11.6 Å². The molecule has 1 aliphatic heterocycles. The van der Waals surface area contributed by atoms with Crippen molar-refractivity contribution in [2.24, 2.45) is 0 Å². The van der Waals surface area contributed by atoms with E-state index in [9.17, 15) is 8.78 Å². The second-order valence-corrected chi connectivity index (χ2v) is 6.00. The van der Waals surface area contributed by atoms with Crippen LogP contribution in [0.15, 0.2) is 6.07 Å². The maximum Gasteiger partial charge on any atom is 0.168 e. The standard InChI is InChI=1S/C13H19F2N3S/c1-2-5-16-12-10(14)7-11(15)13(18-12)17-8-9-4-3-6-19-9/h7,9H,2-6,8H2,1H3,(H2,16,17,18). The van der Waals surface area contributed by atoms with Gasteiger partial charge in [0.15, 0.2) is 23.3 Å². The molecule has 2 N–H and O–H groups in total. The molecule has 0 amide bonds. The number of nitrogens with one attached hydrogen (secondary N) is 2. The lowest BCUT2D eigenvalue weighted by molar-refractivity contribution is 0.577. The van der Waals surface area contributed by atoms with E-state index in [1.165, 1.54) is 6.42 Å². The van der Waals surface area contributed by atoms with E-state index in [0.29, 0.717) is 18.3 Å². The molecule has 1 fully saturated rings. The fraction of sp³-hybridized carbons (Fsp3) is 0.615. The summed E-state index contributed by atoms with van der Waals surface area (Å²) >= 11 is 1.89. The van der Waals surface area contributed by atoms with Crippen molar-refractivity contribution in [1.82, 2.24) is 4.98 Å². The molecule has 0 bridgehead atoms. The molecular formula is C13H19F2N3S. The molecule has 1 unspecified atom stereocenters. The van der Waals surface area contributed by atoms with E-state index in [1.807, 2.05) is 18.7 Å². The van der Waals surface area contributed by atoms with Gasteiger partial charge in [0.2, 0.25) is 0 Å². The quantitative estimate of drug-likeness (QED) is 0.840. The second kappa shape index (κ2) is 6.93. The zero-order chi connectivity index (χ0) is 13.7. The molecule has 0 radical (unpaired) electrons. The van der Waals surface area contributed by atoms with Gasteiger partial charge in [-0.05, 0) is 25.0 Å². The largest absolute Gasteiger partial charge is 0.368 e. The predicted molar refractivity (Wildman–Crippen MR) is 76.9 cm³/mol. The fourth-order valence-corrected chi connectivity index (χ4v) is 3.17. The molecule has 1 aromatic heterocycles. The Hall–Kier alpha value is -1.04. The van der Waals surface area contributed by atoms with E-state index in [2.05, 4.69) is 15.6 Å². The molecule has 1 aliphatic rings. The van der Waals surface area contributed by atoms with Gasteiger partial charge in [0, 0.05) is 24.4 Å². The molecule has 6 heteroatoms. The minimum Gasteiger partial charge on any atom is -0.368 e. The average molecular weight is 287 g/mol. The average Bonchev–Trinajstić information content (AvgIpc) is 2.90. The Labute approximate surface area is 116 Å². The van der Waals surface area contributed by atoms with Crippen LogP contribution in [-0.4, -0.2) is 29.1 Å². The van der Waals surface area contributed by atoms with Crippen LogP contribution in [0.2, 0.25) is 0 Å². The molecule has 1 saturated heterocycles. The monoisotopic (exact) mass is 287 g/mol. The maximum atomic E-state index is 13.6. The van der Waals surface area contributed by atoms with Gasteiger partial charge in [-0.1, -0.05) is 6.92 Å². The highest BCUT2D eigenvalue weighted by Gasteiger charge is 2.17. The predicted octanol–water partition coefficient (Wildman–Crippen LogP) is 3.49. The summed E-state index contributed by atoms with van der Waals surface area (Å²) in [7, 11) is 0. The van der Waals surface area contributed by atoms with Crippen LogP contribution in [0.3, 0.4) is 0 Å². The van der Waals surface area contributed by atoms with Crippen LogP contribution in [-0.2, 0) is 0 Å². The molecular weight excluding hydrogens is 268 g/mol. The van der Waals surface area contributed by atoms with E-state index in [-0.39, 0.29) is 11.6 Å². The number of hydrogen-bond acceptors (Lipinski definition) is 4. The van der Waals surface area contributed by atoms with Gasteiger partial charge < -0.3 is 10.6 Å². The molecule has 106 valence electrons. The van der Waals surface area contributed by atoms with Crippen molar-refractivity contribution in [3.63, 3.8) is 0 Å². The first-order valence-corrected chi connectivity index (χ1v) is 7.71. The summed E-state index contributed by atoms with van der Waals surface area (Å²) in [4.78, 5) is 3.99. The van der Waals surface area contributed by atoms with Gasteiger partial charge in [0.1, 0.15) is 0 Å². The van der Waals surface area contributed by atoms with E-state index in [1.54, 1.807) is 0 Å². The molecule has 3 nitrogen and oxygen atoms in total. The van der Waals surface area contributed by atoms with Crippen LogP contribution in [0, 0.1) is 11.6 Å². The van der Waals surface area contributed by atoms with Gasteiger partial charge in [-0.25, -0.2) is 13.8 Å². The van der Waals surface area contributed by atoms with Gasteiger partial charge in [0.25, 0.3) is 0 Å². The first-order chi connectivity index (χ1) is 9.20. The Balaban J connectivity index is 2.01. The molecule has 2 heterocycles. The summed E-state index contributed by atoms with van der Waals surface area (Å²) < 4.78 is 27.1. The lowest BCUT2D eigenvalue weighted by Gasteiger charge is -2.13. The van der Waals surface area contributed by atoms with Crippen molar-refractivity contribution < 1.29 is 8.78 Å². The number of halogens is 2. The Morgan fingerprint density at radius 2 is 2.05 bits per heavy atom. The number of thioether (sulfide) groups is 1. The third-order valence-electron chi connectivity index (χ3n) is 2.99. The number of nitrogens with zero attached hydrogens (tertiary/aromatic N) is 1. The zero-order valence-corrected chi connectivity index (χ0v) is 11.8. The first kappa shape index (κ1) is 14.4. The van der Waals surface area contributed by atoms with Crippen molar-refractivity contribution in [2.75, 3.05) is 29.5 Å². The summed E-state index contributed by atoms with van der Waals surface area (Å²) in [6, 6.07) is 0.884. The normalized spacial score (nSPS) is 18.6. The number of hydrogen-bond donors (Lipinski definition) is 2. The number of anilines is 2. The lowest BCUT2D eigenvalue weighted by atomic mass is 10.2. The minimum atomic E-state index is -0.647. The Bertz CT molecular complexity index is 423. The minimum absolute atomic E-state index is 0.116. The Kier molecular flexibility index (Phi) is 5.24. The fourth-order valence-electron chi connectivity index (χ4n) is 1.97. The Morgan fingerprint density at radius 1 is 1.32 bits per heavy atom. The molecule has 0 spiro atoms. The summed E-state index contributed by atoms with van der Waals surface area (Å²) in [5, 5.41) is 6.34. The summed E-state index contributed by atoms with van der Waals surface area (Å²) in [6.07, 6.45) is 3.21. The van der Waals surface area contributed by atoms with Crippen molar-refractivity contribution in [3.05, 3.63) is 17.7 Å². The van der Waals surface area contributed by atoms with Crippen LogP contribution < -0.4 is 10.6 Å². The SMILES string of the molecule is CCCNc1nc(NCC2CCCS2)c(F)cc1F. The summed E-state index contributed by atoms with van der Waals surface area (Å²) in [5.74, 6) is 0.126. The van der Waals surface area contributed by atoms with Crippen LogP contribution in [0.1, 0.15) is 26.2 Å². The molecule has 19 heavy (non-hydrogen) atoms. The second-order valence-electron chi connectivity index (χ2n) is 4.59. The van der Waals surface area contributed by atoms with Gasteiger partial charge in [-0.15, -0.1) is 0 Å². The number of pyridine rings is 1. The van der Waals surface area contributed by atoms with Crippen molar-refractivity contribution >= 4 is 23.4 Å². The molecule has 1 aromatic rings. The highest BCUT2D eigenvalue weighted by Crippen LogP contribution is 2.27. The third-order valence-corrected chi connectivity index (χ3v) is 4.39. The van der Waals surface area contributed by atoms with Crippen molar-refractivity contribution in [1.29, 1.82) is 0 Å². The molecule has 0 aliphatic carbocycles. The van der Waals surface area contributed by atoms with E-state index >= 15 is 0 Å². The van der Waals surface area contributed by atoms with Gasteiger partial charge >= 0.3 is 0 Å². The van der Waals surface area contributed by atoms with Gasteiger partial charge in [-0.3, -0.25) is 0 Å². The van der Waals surface area contributed by atoms with Crippen LogP contribution in [0.4, 0.5) is 20.4 Å². The highest BCUT2D eigenvalue weighted by atomic mass is 32.2. The van der Waals surface area contributed by atoms with E-state index in [4.69, 9.17) is 0 Å². The maximum absolute atomic E-state index is 13.6. The van der Waals surface area contributed by atoms with Crippen LogP contribution in [0.5, 0.6) is 0 Å². The molecule has 0 saturated carbocycles. The van der Waals surface area contributed by atoms with E-state index in [0.717, 1.165) is 24.7 Å². The van der Waals surface area contributed by atoms with Crippen LogP contribution in [0.25, 0.3) is 0 Å². The summed E-state index contributed by atoms with van der Waals surface area (Å²) in [5.41, 5.74) is 0. The number of aromatic nitrogens is 1. The molecule has 0 aromatic carbocycles. The zero-order valence-electron chi connectivity index (χ0n) is 11.0. The van der Waals surface area contributed by atoms with Crippen molar-refractivity contribution in [2.45, 2.75) is 31.4 Å². The molecule has 2 rings (SSSR count). The first-order valence-electron chi connectivity index (χ1n) is 6.66.